The zero-order chi connectivity index (χ0) is 10.1. The molecule has 1 aromatic carbocycles. The maximum Gasteiger partial charge on any atom is 0.00202 e. The standard InChI is InChI=1S/C14H19N/c1-2-4-12(5-3-1)13-6-8-14(9-7-13)10-15-11-14/h1-5,13,15H,6-11H2. The van der Waals surface area contributed by atoms with Gasteiger partial charge in [0.1, 0.15) is 0 Å². The van der Waals surface area contributed by atoms with Gasteiger partial charge in [0.2, 0.25) is 0 Å². The first kappa shape index (κ1) is 9.41. The van der Waals surface area contributed by atoms with Crippen molar-refractivity contribution in [1.82, 2.24) is 5.32 Å². The van der Waals surface area contributed by atoms with E-state index in [2.05, 4.69) is 35.6 Å². The first-order valence-electron chi connectivity index (χ1n) is 6.14. The molecule has 1 heterocycles. The highest BCUT2D eigenvalue weighted by molar-refractivity contribution is 5.20. The van der Waals surface area contributed by atoms with Crippen LogP contribution in [0, 0.1) is 5.41 Å². The van der Waals surface area contributed by atoms with E-state index < -0.39 is 0 Å². The van der Waals surface area contributed by atoms with E-state index in [4.69, 9.17) is 0 Å². The second-order valence-corrected chi connectivity index (χ2v) is 5.29. The Balaban J connectivity index is 1.67. The van der Waals surface area contributed by atoms with Crippen LogP contribution in [0.4, 0.5) is 0 Å². The molecule has 2 aliphatic rings. The van der Waals surface area contributed by atoms with Crippen LogP contribution in [0.25, 0.3) is 0 Å². The number of hydrogen-bond donors (Lipinski definition) is 1. The largest absolute Gasteiger partial charge is 0.316 e. The van der Waals surface area contributed by atoms with E-state index in [1.165, 1.54) is 38.8 Å². The van der Waals surface area contributed by atoms with Gasteiger partial charge in [-0.3, -0.25) is 0 Å². The maximum absolute atomic E-state index is 3.43. The van der Waals surface area contributed by atoms with Gasteiger partial charge < -0.3 is 5.32 Å². The van der Waals surface area contributed by atoms with Gasteiger partial charge in [0.05, 0.1) is 0 Å². The average molecular weight is 201 g/mol. The summed E-state index contributed by atoms with van der Waals surface area (Å²) >= 11 is 0. The van der Waals surface area contributed by atoms with E-state index in [9.17, 15) is 0 Å². The lowest BCUT2D eigenvalue weighted by atomic mass is 9.66. The molecule has 1 nitrogen and oxygen atoms in total. The van der Waals surface area contributed by atoms with Gasteiger partial charge in [0.25, 0.3) is 0 Å². The molecule has 1 aliphatic heterocycles. The molecule has 2 fully saturated rings. The van der Waals surface area contributed by atoms with Crippen LogP contribution in [0.1, 0.15) is 37.2 Å². The molecule has 0 aromatic heterocycles. The summed E-state index contributed by atoms with van der Waals surface area (Å²) in [6.45, 7) is 2.54. The lowest BCUT2D eigenvalue weighted by molar-refractivity contribution is 0.0975. The Morgan fingerprint density at radius 1 is 1.00 bits per heavy atom. The molecule has 1 aliphatic carbocycles. The summed E-state index contributed by atoms with van der Waals surface area (Å²) < 4.78 is 0. The van der Waals surface area contributed by atoms with E-state index in [-0.39, 0.29) is 0 Å². The molecule has 1 aromatic rings. The van der Waals surface area contributed by atoms with Gasteiger partial charge in [0, 0.05) is 13.1 Å². The second-order valence-electron chi connectivity index (χ2n) is 5.29. The van der Waals surface area contributed by atoms with Gasteiger partial charge in [-0.1, -0.05) is 30.3 Å². The maximum atomic E-state index is 3.43. The van der Waals surface area contributed by atoms with E-state index in [1.54, 1.807) is 5.56 Å². The third-order valence-electron chi connectivity index (χ3n) is 4.32. The fourth-order valence-electron chi connectivity index (χ4n) is 3.12. The first-order chi connectivity index (χ1) is 7.38. The summed E-state index contributed by atoms with van der Waals surface area (Å²) in [5, 5.41) is 3.43. The van der Waals surface area contributed by atoms with Crippen molar-refractivity contribution >= 4 is 0 Å². The van der Waals surface area contributed by atoms with Crippen molar-refractivity contribution in [2.75, 3.05) is 13.1 Å². The van der Waals surface area contributed by atoms with E-state index in [0.717, 1.165) is 5.92 Å². The monoisotopic (exact) mass is 201 g/mol. The fraction of sp³-hybridized carbons (Fsp3) is 0.571. The fourth-order valence-corrected chi connectivity index (χ4v) is 3.12. The highest BCUT2D eigenvalue weighted by Gasteiger charge is 2.40. The van der Waals surface area contributed by atoms with E-state index in [0.29, 0.717) is 5.41 Å². The van der Waals surface area contributed by atoms with Crippen molar-refractivity contribution in [3.05, 3.63) is 35.9 Å². The summed E-state index contributed by atoms with van der Waals surface area (Å²) in [7, 11) is 0. The SMILES string of the molecule is c1ccc(C2CCC3(CC2)CNC3)cc1. The van der Waals surface area contributed by atoms with Crippen molar-refractivity contribution in [2.45, 2.75) is 31.6 Å². The van der Waals surface area contributed by atoms with Crippen molar-refractivity contribution in [1.29, 1.82) is 0 Å². The highest BCUT2D eigenvalue weighted by atomic mass is 15.0. The summed E-state index contributed by atoms with van der Waals surface area (Å²) in [5.41, 5.74) is 2.25. The topological polar surface area (TPSA) is 12.0 Å². The molecule has 0 unspecified atom stereocenters. The third kappa shape index (κ3) is 1.69. The van der Waals surface area contributed by atoms with Crippen LogP contribution < -0.4 is 5.32 Å². The number of benzene rings is 1. The zero-order valence-electron chi connectivity index (χ0n) is 9.21. The van der Waals surface area contributed by atoms with Gasteiger partial charge >= 0.3 is 0 Å². The molecule has 80 valence electrons. The second kappa shape index (κ2) is 3.64. The predicted molar refractivity (Wildman–Crippen MR) is 63.0 cm³/mol. The van der Waals surface area contributed by atoms with Crippen LogP contribution in [-0.4, -0.2) is 13.1 Å². The van der Waals surface area contributed by atoms with Crippen LogP contribution in [0.15, 0.2) is 30.3 Å². The van der Waals surface area contributed by atoms with Gasteiger partial charge in [-0.25, -0.2) is 0 Å². The molecule has 1 saturated heterocycles. The minimum absolute atomic E-state index is 0.700. The summed E-state index contributed by atoms with van der Waals surface area (Å²) in [4.78, 5) is 0. The van der Waals surface area contributed by atoms with Crippen LogP contribution in [0.3, 0.4) is 0 Å². The normalized spacial score (nSPS) is 25.1. The van der Waals surface area contributed by atoms with Crippen LogP contribution >= 0.6 is 0 Å². The van der Waals surface area contributed by atoms with Crippen molar-refractivity contribution in [3.8, 4) is 0 Å². The zero-order valence-corrected chi connectivity index (χ0v) is 9.21. The molecule has 0 radical (unpaired) electrons. The molecule has 1 heteroatoms. The van der Waals surface area contributed by atoms with Gasteiger partial charge in [-0.05, 0) is 42.6 Å². The van der Waals surface area contributed by atoms with E-state index in [1.807, 2.05) is 0 Å². The minimum atomic E-state index is 0.700. The summed E-state index contributed by atoms with van der Waals surface area (Å²) in [6.07, 6.45) is 5.65. The molecule has 1 saturated carbocycles. The van der Waals surface area contributed by atoms with Crippen molar-refractivity contribution < 1.29 is 0 Å². The predicted octanol–water partition coefficient (Wildman–Crippen LogP) is 2.93. The van der Waals surface area contributed by atoms with Crippen LogP contribution in [0.2, 0.25) is 0 Å². The van der Waals surface area contributed by atoms with Crippen molar-refractivity contribution in [2.24, 2.45) is 5.41 Å². The van der Waals surface area contributed by atoms with Crippen molar-refractivity contribution in [3.63, 3.8) is 0 Å². The number of rotatable bonds is 1. The van der Waals surface area contributed by atoms with Gasteiger partial charge in [0.15, 0.2) is 0 Å². The van der Waals surface area contributed by atoms with Crippen LogP contribution in [-0.2, 0) is 0 Å². The summed E-state index contributed by atoms with van der Waals surface area (Å²) in [5.74, 6) is 0.831. The molecule has 0 atom stereocenters. The Kier molecular flexibility index (Phi) is 2.28. The molecule has 3 rings (SSSR count). The number of hydrogen-bond acceptors (Lipinski definition) is 1. The molecule has 1 spiro atoms. The Morgan fingerprint density at radius 2 is 1.67 bits per heavy atom. The highest BCUT2D eigenvalue weighted by Crippen LogP contribution is 2.44. The summed E-state index contributed by atoms with van der Waals surface area (Å²) in [6, 6.07) is 11.0. The third-order valence-corrected chi connectivity index (χ3v) is 4.32. The lowest BCUT2D eigenvalue weighted by Crippen LogP contribution is -2.54. The Bertz CT molecular complexity index is 316. The molecule has 15 heavy (non-hydrogen) atoms. The minimum Gasteiger partial charge on any atom is -0.316 e. The average Bonchev–Trinajstić information content (AvgIpc) is 2.28. The molecule has 0 bridgehead atoms. The lowest BCUT2D eigenvalue weighted by Gasteiger charge is -2.47. The van der Waals surface area contributed by atoms with Crippen LogP contribution in [0.5, 0.6) is 0 Å². The Hall–Kier alpha value is -0.820. The smallest absolute Gasteiger partial charge is 0.00202 e. The van der Waals surface area contributed by atoms with Gasteiger partial charge in [-0.15, -0.1) is 0 Å². The quantitative estimate of drug-likeness (QED) is 0.736. The first-order valence-corrected chi connectivity index (χ1v) is 6.14. The van der Waals surface area contributed by atoms with Gasteiger partial charge in [-0.2, -0.15) is 0 Å². The Morgan fingerprint density at radius 3 is 2.20 bits per heavy atom. The van der Waals surface area contributed by atoms with E-state index >= 15 is 0 Å². The molecular formula is C14H19N. The molecular weight excluding hydrogens is 182 g/mol. The Labute approximate surface area is 91.9 Å². The number of nitrogens with one attached hydrogen (secondary N) is 1. The molecule has 0 amide bonds. The molecule has 1 N–H and O–H groups in total.